The zero-order valence-electron chi connectivity index (χ0n) is 9.49. The van der Waals surface area contributed by atoms with Gasteiger partial charge in [0, 0.05) is 16.5 Å². The predicted octanol–water partition coefficient (Wildman–Crippen LogP) is 3.80. The third-order valence-electron chi connectivity index (χ3n) is 2.81. The number of halogens is 1. The largest absolute Gasteiger partial charge is 0.348 e. The number of rotatable bonds is 3. The van der Waals surface area contributed by atoms with Gasteiger partial charge in [0.05, 0.1) is 13.2 Å². The van der Waals surface area contributed by atoms with Crippen LogP contribution < -0.4 is 0 Å². The van der Waals surface area contributed by atoms with E-state index in [0.29, 0.717) is 5.92 Å². The molecule has 1 aromatic carbocycles. The summed E-state index contributed by atoms with van der Waals surface area (Å²) < 4.78 is 11.4. The molecule has 0 spiro atoms. The fraction of sp³-hybridized carbons (Fsp3) is 0.538. The minimum absolute atomic E-state index is 0.217. The smallest absolute Gasteiger partial charge is 0.183 e. The Hall–Kier alpha value is -0.570. The van der Waals surface area contributed by atoms with E-state index in [9.17, 15) is 0 Å². The maximum Gasteiger partial charge on any atom is 0.183 e. The van der Waals surface area contributed by atoms with E-state index in [1.165, 1.54) is 12.8 Å². The topological polar surface area (TPSA) is 18.5 Å². The molecule has 0 amide bonds. The molecule has 0 aromatic heterocycles. The minimum Gasteiger partial charge on any atom is -0.348 e. The maximum absolute atomic E-state index is 5.83. The van der Waals surface area contributed by atoms with Crippen molar-refractivity contribution in [2.75, 3.05) is 13.2 Å². The summed E-state index contributed by atoms with van der Waals surface area (Å²) >= 11 is 5.83. The van der Waals surface area contributed by atoms with Gasteiger partial charge in [-0.05, 0) is 18.6 Å². The zero-order chi connectivity index (χ0) is 11.4. The standard InChI is InChI=1S/C13H17ClO2/c1-2-3-10-8-15-13(16-9-10)11-4-6-12(14)7-5-11/h4-7,10,13H,2-3,8-9H2,1H3. The summed E-state index contributed by atoms with van der Waals surface area (Å²) in [5.74, 6) is 0.550. The molecule has 2 nitrogen and oxygen atoms in total. The Morgan fingerprint density at radius 3 is 2.38 bits per heavy atom. The van der Waals surface area contributed by atoms with Crippen molar-refractivity contribution in [1.82, 2.24) is 0 Å². The summed E-state index contributed by atoms with van der Waals surface area (Å²) in [4.78, 5) is 0. The lowest BCUT2D eigenvalue weighted by atomic mass is 10.1. The van der Waals surface area contributed by atoms with Crippen LogP contribution in [-0.4, -0.2) is 13.2 Å². The molecule has 16 heavy (non-hydrogen) atoms. The van der Waals surface area contributed by atoms with Gasteiger partial charge < -0.3 is 9.47 Å². The maximum atomic E-state index is 5.83. The molecule has 1 heterocycles. The SMILES string of the molecule is CCCC1COC(c2ccc(Cl)cc2)OC1. The van der Waals surface area contributed by atoms with E-state index in [0.717, 1.165) is 23.8 Å². The van der Waals surface area contributed by atoms with E-state index < -0.39 is 0 Å². The van der Waals surface area contributed by atoms with Crippen molar-refractivity contribution < 1.29 is 9.47 Å². The van der Waals surface area contributed by atoms with Gasteiger partial charge in [-0.1, -0.05) is 37.1 Å². The van der Waals surface area contributed by atoms with Gasteiger partial charge in [0.2, 0.25) is 0 Å². The molecule has 1 saturated heterocycles. The lowest BCUT2D eigenvalue weighted by Crippen LogP contribution is -2.26. The fourth-order valence-corrected chi connectivity index (χ4v) is 2.06. The first-order chi connectivity index (χ1) is 7.79. The summed E-state index contributed by atoms with van der Waals surface area (Å²) in [5.41, 5.74) is 1.04. The van der Waals surface area contributed by atoms with Crippen molar-refractivity contribution in [3.8, 4) is 0 Å². The molecule has 3 heteroatoms. The number of benzene rings is 1. The molecule has 1 aliphatic heterocycles. The van der Waals surface area contributed by atoms with Gasteiger partial charge in [-0.3, -0.25) is 0 Å². The van der Waals surface area contributed by atoms with Crippen LogP contribution in [0.1, 0.15) is 31.6 Å². The van der Waals surface area contributed by atoms with Gasteiger partial charge in [0.1, 0.15) is 0 Å². The van der Waals surface area contributed by atoms with Crippen LogP contribution in [0.3, 0.4) is 0 Å². The second-order valence-electron chi connectivity index (χ2n) is 4.20. The van der Waals surface area contributed by atoms with E-state index in [4.69, 9.17) is 21.1 Å². The first kappa shape index (κ1) is 11.9. The first-order valence-electron chi connectivity index (χ1n) is 5.78. The third kappa shape index (κ3) is 2.97. The highest BCUT2D eigenvalue weighted by Crippen LogP contribution is 2.27. The van der Waals surface area contributed by atoms with Crippen LogP contribution in [0.5, 0.6) is 0 Å². The molecule has 1 aliphatic rings. The molecule has 0 saturated carbocycles. The van der Waals surface area contributed by atoms with E-state index in [1.54, 1.807) is 0 Å². The molecular formula is C13H17ClO2. The summed E-state index contributed by atoms with van der Waals surface area (Å²) in [7, 11) is 0. The first-order valence-corrected chi connectivity index (χ1v) is 6.16. The second kappa shape index (κ2) is 5.67. The predicted molar refractivity (Wildman–Crippen MR) is 64.5 cm³/mol. The Morgan fingerprint density at radius 1 is 1.19 bits per heavy atom. The molecule has 0 aliphatic carbocycles. The highest BCUT2D eigenvalue weighted by Gasteiger charge is 2.22. The summed E-state index contributed by atoms with van der Waals surface area (Å²) in [5, 5.41) is 0.739. The molecule has 0 unspecified atom stereocenters. The highest BCUT2D eigenvalue weighted by atomic mass is 35.5. The fourth-order valence-electron chi connectivity index (χ4n) is 1.93. The van der Waals surface area contributed by atoms with Crippen molar-refractivity contribution in [2.24, 2.45) is 5.92 Å². The Bertz CT molecular complexity index is 315. The van der Waals surface area contributed by atoms with Crippen molar-refractivity contribution in [3.05, 3.63) is 34.9 Å². The molecule has 1 fully saturated rings. The van der Waals surface area contributed by atoms with E-state index >= 15 is 0 Å². The lowest BCUT2D eigenvalue weighted by Gasteiger charge is -2.29. The van der Waals surface area contributed by atoms with E-state index in [2.05, 4.69) is 6.92 Å². The molecular weight excluding hydrogens is 224 g/mol. The van der Waals surface area contributed by atoms with Crippen LogP contribution in [0.25, 0.3) is 0 Å². The molecule has 0 atom stereocenters. The number of hydrogen-bond acceptors (Lipinski definition) is 2. The lowest BCUT2D eigenvalue weighted by molar-refractivity contribution is -0.206. The Morgan fingerprint density at radius 2 is 1.81 bits per heavy atom. The van der Waals surface area contributed by atoms with Gasteiger partial charge in [-0.25, -0.2) is 0 Å². The van der Waals surface area contributed by atoms with Crippen LogP contribution in [0.2, 0.25) is 5.02 Å². The Balaban J connectivity index is 1.91. The average Bonchev–Trinajstić information content (AvgIpc) is 2.32. The number of ether oxygens (including phenoxy) is 2. The quantitative estimate of drug-likeness (QED) is 0.800. The minimum atomic E-state index is -0.217. The monoisotopic (exact) mass is 240 g/mol. The number of hydrogen-bond donors (Lipinski definition) is 0. The molecule has 0 radical (unpaired) electrons. The van der Waals surface area contributed by atoms with Crippen LogP contribution in [0.15, 0.2) is 24.3 Å². The summed E-state index contributed by atoms with van der Waals surface area (Å²) in [6.45, 7) is 3.77. The van der Waals surface area contributed by atoms with Gasteiger partial charge in [-0.15, -0.1) is 0 Å². The Kier molecular flexibility index (Phi) is 4.22. The van der Waals surface area contributed by atoms with Crippen molar-refractivity contribution in [2.45, 2.75) is 26.1 Å². The van der Waals surface area contributed by atoms with E-state index in [1.807, 2.05) is 24.3 Å². The summed E-state index contributed by atoms with van der Waals surface area (Å²) in [6, 6.07) is 7.63. The van der Waals surface area contributed by atoms with Gasteiger partial charge in [0.25, 0.3) is 0 Å². The van der Waals surface area contributed by atoms with E-state index in [-0.39, 0.29) is 6.29 Å². The van der Waals surface area contributed by atoms with Gasteiger partial charge in [0.15, 0.2) is 6.29 Å². The molecule has 88 valence electrons. The molecule has 0 N–H and O–H groups in total. The molecule has 1 aromatic rings. The van der Waals surface area contributed by atoms with Crippen LogP contribution in [-0.2, 0) is 9.47 Å². The summed E-state index contributed by atoms with van der Waals surface area (Å²) in [6.07, 6.45) is 2.14. The Labute approximate surface area is 102 Å². The van der Waals surface area contributed by atoms with Crippen LogP contribution in [0, 0.1) is 5.92 Å². The van der Waals surface area contributed by atoms with Gasteiger partial charge >= 0.3 is 0 Å². The van der Waals surface area contributed by atoms with Crippen LogP contribution in [0.4, 0.5) is 0 Å². The average molecular weight is 241 g/mol. The van der Waals surface area contributed by atoms with Gasteiger partial charge in [-0.2, -0.15) is 0 Å². The zero-order valence-corrected chi connectivity index (χ0v) is 10.2. The van der Waals surface area contributed by atoms with Crippen molar-refractivity contribution in [3.63, 3.8) is 0 Å². The van der Waals surface area contributed by atoms with Crippen LogP contribution >= 0.6 is 11.6 Å². The highest BCUT2D eigenvalue weighted by molar-refractivity contribution is 6.30. The van der Waals surface area contributed by atoms with Crippen molar-refractivity contribution in [1.29, 1.82) is 0 Å². The third-order valence-corrected chi connectivity index (χ3v) is 3.06. The molecule has 2 rings (SSSR count). The normalized spacial score (nSPS) is 25.6. The second-order valence-corrected chi connectivity index (χ2v) is 4.64. The van der Waals surface area contributed by atoms with Crippen molar-refractivity contribution >= 4 is 11.6 Å². The molecule has 0 bridgehead atoms.